The van der Waals surface area contributed by atoms with Crippen LogP contribution in [0.1, 0.15) is 44.7 Å². The minimum absolute atomic E-state index is 0.0527. The fourth-order valence-electron chi connectivity index (χ4n) is 3.07. The number of nitrogens with zero attached hydrogens (tertiary/aromatic N) is 1. The Balaban J connectivity index is 2.28. The van der Waals surface area contributed by atoms with Gasteiger partial charge < -0.3 is 10.2 Å². The summed E-state index contributed by atoms with van der Waals surface area (Å²) in [4.78, 5) is 27.8. The normalized spacial score (nSPS) is 12.9. The van der Waals surface area contributed by atoms with Crippen LogP contribution in [-0.2, 0) is 22.6 Å². The average Bonchev–Trinajstić information content (AvgIpc) is 2.69. The lowest BCUT2D eigenvalue weighted by atomic mass is 10.1. The van der Waals surface area contributed by atoms with Crippen molar-refractivity contribution in [2.45, 2.75) is 58.7 Å². The molecule has 0 aliphatic carbocycles. The van der Waals surface area contributed by atoms with Crippen molar-refractivity contribution < 1.29 is 9.59 Å². The van der Waals surface area contributed by atoms with Gasteiger partial charge in [-0.25, -0.2) is 0 Å². The molecule has 0 aliphatic rings. The van der Waals surface area contributed by atoms with Crippen molar-refractivity contribution in [2.24, 2.45) is 0 Å². The number of carbonyl (C=O) groups is 2. The van der Waals surface area contributed by atoms with E-state index in [9.17, 15) is 9.59 Å². The van der Waals surface area contributed by atoms with Crippen molar-refractivity contribution in [3.8, 4) is 0 Å². The molecule has 0 saturated carbocycles. The predicted molar refractivity (Wildman–Crippen MR) is 119 cm³/mol. The SMILES string of the molecule is CC[C@H](C(=O)N[C@@H](C)CC)N(Cc1ccc(Cl)cc1)C(=O)Cc1cccc(Cl)c1. The zero-order chi connectivity index (χ0) is 21.4. The number of rotatable bonds is 9. The molecule has 4 nitrogen and oxygen atoms in total. The van der Waals surface area contributed by atoms with Crippen LogP contribution in [0, 0.1) is 0 Å². The zero-order valence-electron chi connectivity index (χ0n) is 17.1. The first-order valence-electron chi connectivity index (χ1n) is 9.92. The zero-order valence-corrected chi connectivity index (χ0v) is 18.6. The summed E-state index contributed by atoms with van der Waals surface area (Å²) in [6.45, 7) is 6.23. The molecule has 6 heteroatoms. The molecule has 0 spiro atoms. The number of nitrogens with one attached hydrogen (secondary N) is 1. The second-order valence-corrected chi connectivity index (χ2v) is 8.07. The lowest BCUT2D eigenvalue weighted by Gasteiger charge is -2.31. The maximum atomic E-state index is 13.2. The summed E-state index contributed by atoms with van der Waals surface area (Å²) in [5, 5.41) is 4.22. The third-order valence-corrected chi connectivity index (χ3v) is 5.38. The van der Waals surface area contributed by atoms with Gasteiger partial charge in [0.15, 0.2) is 0 Å². The second-order valence-electron chi connectivity index (χ2n) is 7.20. The Bertz CT molecular complexity index is 824. The molecular formula is C23H28Cl2N2O2. The Morgan fingerprint density at radius 3 is 2.24 bits per heavy atom. The highest BCUT2D eigenvalue weighted by atomic mass is 35.5. The average molecular weight is 435 g/mol. The lowest BCUT2D eigenvalue weighted by Crippen LogP contribution is -2.51. The van der Waals surface area contributed by atoms with Gasteiger partial charge in [0.2, 0.25) is 11.8 Å². The molecule has 0 fully saturated rings. The van der Waals surface area contributed by atoms with E-state index < -0.39 is 6.04 Å². The molecule has 156 valence electrons. The summed E-state index contributed by atoms with van der Waals surface area (Å²) in [5.74, 6) is -0.247. The Morgan fingerprint density at radius 2 is 1.66 bits per heavy atom. The second kappa shape index (κ2) is 11.2. The van der Waals surface area contributed by atoms with E-state index in [0.29, 0.717) is 23.0 Å². The molecule has 0 bridgehead atoms. The molecule has 2 amide bonds. The van der Waals surface area contributed by atoms with E-state index in [1.54, 1.807) is 29.2 Å². The molecule has 2 atom stereocenters. The van der Waals surface area contributed by atoms with Gasteiger partial charge in [0.25, 0.3) is 0 Å². The highest BCUT2D eigenvalue weighted by Crippen LogP contribution is 2.18. The van der Waals surface area contributed by atoms with Gasteiger partial charge in [-0.2, -0.15) is 0 Å². The Hall–Kier alpha value is -2.04. The number of hydrogen-bond donors (Lipinski definition) is 1. The highest BCUT2D eigenvalue weighted by Gasteiger charge is 2.29. The highest BCUT2D eigenvalue weighted by molar-refractivity contribution is 6.30. The summed E-state index contributed by atoms with van der Waals surface area (Å²) < 4.78 is 0. The third kappa shape index (κ3) is 7.06. The van der Waals surface area contributed by atoms with Gasteiger partial charge >= 0.3 is 0 Å². The van der Waals surface area contributed by atoms with Crippen LogP contribution in [-0.4, -0.2) is 28.8 Å². The quantitative estimate of drug-likeness (QED) is 0.584. The van der Waals surface area contributed by atoms with Gasteiger partial charge in [-0.3, -0.25) is 9.59 Å². The molecule has 29 heavy (non-hydrogen) atoms. The molecule has 0 aromatic heterocycles. The van der Waals surface area contributed by atoms with Gasteiger partial charge in [0, 0.05) is 22.6 Å². The molecule has 2 aromatic carbocycles. The van der Waals surface area contributed by atoms with Gasteiger partial charge in [0.05, 0.1) is 6.42 Å². The first kappa shape index (κ1) is 23.2. The fraction of sp³-hybridized carbons (Fsp3) is 0.391. The van der Waals surface area contributed by atoms with E-state index in [-0.39, 0.29) is 24.3 Å². The van der Waals surface area contributed by atoms with Gasteiger partial charge in [-0.15, -0.1) is 0 Å². The number of benzene rings is 2. The molecule has 1 N–H and O–H groups in total. The van der Waals surface area contributed by atoms with Crippen LogP contribution in [0.4, 0.5) is 0 Å². The summed E-state index contributed by atoms with van der Waals surface area (Å²) in [7, 11) is 0. The fourth-order valence-corrected chi connectivity index (χ4v) is 3.41. The predicted octanol–water partition coefficient (Wildman–Crippen LogP) is 5.26. The summed E-state index contributed by atoms with van der Waals surface area (Å²) in [6, 6.07) is 14.1. The van der Waals surface area contributed by atoms with Gasteiger partial charge in [0.1, 0.15) is 6.04 Å². The van der Waals surface area contributed by atoms with Gasteiger partial charge in [-0.05, 0) is 55.2 Å². The number of hydrogen-bond acceptors (Lipinski definition) is 2. The van der Waals surface area contributed by atoms with E-state index >= 15 is 0 Å². The van der Waals surface area contributed by atoms with Crippen molar-refractivity contribution >= 4 is 35.0 Å². The van der Waals surface area contributed by atoms with Crippen LogP contribution >= 0.6 is 23.2 Å². The van der Waals surface area contributed by atoms with Crippen molar-refractivity contribution in [1.29, 1.82) is 0 Å². The van der Waals surface area contributed by atoms with E-state index in [1.807, 2.05) is 45.0 Å². The van der Waals surface area contributed by atoms with E-state index in [2.05, 4.69) is 5.32 Å². The van der Waals surface area contributed by atoms with Crippen LogP contribution in [0.25, 0.3) is 0 Å². The minimum Gasteiger partial charge on any atom is -0.352 e. The molecule has 0 heterocycles. The maximum absolute atomic E-state index is 13.2. The van der Waals surface area contributed by atoms with Crippen LogP contribution in [0.5, 0.6) is 0 Å². The van der Waals surface area contributed by atoms with Crippen molar-refractivity contribution in [1.82, 2.24) is 10.2 Å². The van der Waals surface area contributed by atoms with Crippen molar-refractivity contribution in [2.75, 3.05) is 0 Å². The molecular weight excluding hydrogens is 407 g/mol. The van der Waals surface area contributed by atoms with Crippen molar-refractivity contribution in [3.63, 3.8) is 0 Å². The molecule has 0 radical (unpaired) electrons. The largest absolute Gasteiger partial charge is 0.352 e. The molecule has 2 rings (SSSR count). The number of carbonyl (C=O) groups excluding carboxylic acids is 2. The molecule has 0 unspecified atom stereocenters. The summed E-state index contributed by atoms with van der Waals surface area (Å²) in [6.07, 6.45) is 1.54. The van der Waals surface area contributed by atoms with Crippen LogP contribution in [0.3, 0.4) is 0 Å². The van der Waals surface area contributed by atoms with E-state index in [0.717, 1.165) is 17.5 Å². The van der Waals surface area contributed by atoms with E-state index in [4.69, 9.17) is 23.2 Å². The van der Waals surface area contributed by atoms with Crippen molar-refractivity contribution in [3.05, 3.63) is 69.7 Å². The third-order valence-electron chi connectivity index (χ3n) is 4.90. The monoisotopic (exact) mass is 434 g/mol. The van der Waals surface area contributed by atoms with Crippen LogP contribution < -0.4 is 5.32 Å². The first-order chi connectivity index (χ1) is 13.8. The maximum Gasteiger partial charge on any atom is 0.243 e. The van der Waals surface area contributed by atoms with Crippen LogP contribution in [0.2, 0.25) is 10.0 Å². The topological polar surface area (TPSA) is 49.4 Å². The standard InChI is InChI=1S/C23H28Cl2N2O2/c1-4-16(3)26-23(29)21(5-2)27(15-17-9-11-19(24)12-10-17)22(28)14-18-7-6-8-20(25)13-18/h6-13,16,21H,4-5,14-15H2,1-3H3,(H,26,29)/t16-,21+/m0/s1. The lowest BCUT2D eigenvalue weighted by molar-refractivity contribution is -0.141. The first-order valence-corrected chi connectivity index (χ1v) is 10.7. The Kier molecular flexibility index (Phi) is 8.99. The molecule has 0 aliphatic heterocycles. The van der Waals surface area contributed by atoms with E-state index in [1.165, 1.54) is 0 Å². The Morgan fingerprint density at radius 1 is 0.966 bits per heavy atom. The van der Waals surface area contributed by atoms with Crippen LogP contribution in [0.15, 0.2) is 48.5 Å². The number of amides is 2. The minimum atomic E-state index is -0.550. The summed E-state index contributed by atoms with van der Waals surface area (Å²) >= 11 is 12.1. The smallest absolute Gasteiger partial charge is 0.243 e. The molecule has 2 aromatic rings. The Labute approximate surface area is 183 Å². The van der Waals surface area contributed by atoms with Gasteiger partial charge in [-0.1, -0.05) is 61.3 Å². The number of halogens is 2. The summed E-state index contributed by atoms with van der Waals surface area (Å²) in [5.41, 5.74) is 1.74. The molecule has 0 saturated heterocycles.